The zero-order chi connectivity index (χ0) is 16.1. The summed E-state index contributed by atoms with van der Waals surface area (Å²) in [5.74, 6) is 0.00373. The molecule has 0 aliphatic heterocycles. The zero-order valence-corrected chi connectivity index (χ0v) is 13.5. The van der Waals surface area contributed by atoms with E-state index in [1.165, 1.54) is 18.1 Å². The molecule has 0 bridgehead atoms. The minimum Gasteiger partial charge on any atom is -0.323 e. The Morgan fingerprint density at radius 2 is 2.00 bits per heavy atom. The lowest BCUT2D eigenvalue weighted by atomic mass is 10.3. The van der Waals surface area contributed by atoms with Crippen LogP contribution in [0.2, 0.25) is 5.15 Å². The highest BCUT2D eigenvalue weighted by atomic mass is 35.5. The van der Waals surface area contributed by atoms with Crippen LogP contribution in [0, 0.1) is 0 Å². The predicted molar refractivity (Wildman–Crippen MR) is 90.0 cm³/mol. The number of pyridine rings is 1. The Bertz CT molecular complexity index is 808. The molecule has 2 heterocycles. The maximum absolute atomic E-state index is 12.0. The molecular weight excluding hydrogens is 334 g/mol. The van der Waals surface area contributed by atoms with Crippen LogP contribution in [0.3, 0.4) is 0 Å². The molecule has 1 amide bonds. The van der Waals surface area contributed by atoms with Gasteiger partial charge in [-0.05, 0) is 24.3 Å². The van der Waals surface area contributed by atoms with Crippen molar-refractivity contribution in [3.63, 3.8) is 0 Å². The first-order chi connectivity index (χ1) is 11.2. The fraction of sp³-hybridized carbons (Fsp3) is 0.0667. The number of carbonyl (C=O) groups is 1. The van der Waals surface area contributed by atoms with Gasteiger partial charge in [-0.2, -0.15) is 5.10 Å². The zero-order valence-electron chi connectivity index (χ0n) is 11.9. The number of carbonyl (C=O) groups excluding carboxylic acids is 1. The van der Waals surface area contributed by atoms with E-state index in [9.17, 15) is 4.79 Å². The maximum atomic E-state index is 12.0. The Balaban J connectivity index is 1.64. The highest BCUT2D eigenvalue weighted by molar-refractivity contribution is 7.99. The molecule has 0 aliphatic carbocycles. The van der Waals surface area contributed by atoms with Crippen LogP contribution in [0.5, 0.6) is 0 Å². The van der Waals surface area contributed by atoms with Gasteiger partial charge in [0, 0.05) is 6.20 Å². The van der Waals surface area contributed by atoms with Crippen molar-refractivity contribution in [3.8, 4) is 5.69 Å². The highest BCUT2D eigenvalue weighted by Gasteiger charge is 2.11. The lowest BCUT2D eigenvalue weighted by Gasteiger charge is -2.07. The molecule has 116 valence electrons. The number of anilines is 1. The lowest BCUT2D eigenvalue weighted by Crippen LogP contribution is -2.15. The van der Waals surface area contributed by atoms with Crippen LogP contribution in [0.15, 0.2) is 60.1 Å². The molecule has 2 aromatic heterocycles. The number of hydrogen-bond donors (Lipinski definition) is 1. The van der Waals surface area contributed by atoms with Crippen LogP contribution >= 0.6 is 23.4 Å². The minimum absolute atomic E-state index is 0.187. The first-order valence-corrected chi connectivity index (χ1v) is 8.09. The van der Waals surface area contributed by atoms with E-state index in [4.69, 9.17) is 11.6 Å². The van der Waals surface area contributed by atoms with E-state index in [1.54, 1.807) is 23.0 Å². The molecular formula is C15H12ClN5OS. The van der Waals surface area contributed by atoms with Gasteiger partial charge in [0.05, 0.1) is 17.1 Å². The Hall–Kier alpha value is -2.38. The second-order valence-electron chi connectivity index (χ2n) is 4.47. The normalized spacial score (nSPS) is 10.5. The highest BCUT2D eigenvalue weighted by Crippen LogP contribution is 2.21. The quantitative estimate of drug-likeness (QED) is 0.568. The van der Waals surface area contributed by atoms with Crippen molar-refractivity contribution in [2.75, 3.05) is 11.1 Å². The second-order valence-corrected chi connectivity index (χ2v) is 5.77. The van der Waals surface area contributed by atoms with Gasteiger partial charge < -0.3 is 5.32 Å². The Morgan fingerprint density at radius 3 is 2.78 bits per heavy atom. The number of benzene rings is 1. The summed E-state index contributed by atoms with van der Waals surface area (Å²) in [6, 6.07) is 13.0. The molecule has 1 N–H and O–H groups in total. The Kier molecular flexibility index (Phi) is 4.89. The largest absolute Gasteiger partial charge is 0.323 e. The van der Waals surface area contributed by atoms with Crippen LogP contribution < -0.4 is 5.32 Å². The molecule has 8 heteroatoms. The lowest BCUT2D eigenvalue weighted by molar-refractivity contribution is -0.113. The molecule has 3 rings (SSSR count). The van der Waals surface area contributed by atoms with E-state index in [0.717, 1.165) is 5.69 Å². The number of nitrogens with one attached hydrogen (secondary N) is 1. The fourth-order valence-electron chi connectivity index (χ4n) is 1.87. The number of nitrogens with zero attached hydrogens (tertiary/aromatic N) is 4. The fourth-order valence-corrected chi connectivity index (χ4v) is 2.77. The molecule has 0 unspecified atom stereocenters. The summed E-state index contributed by atoms with van der Waals surface area (Å²) in [7, 11) is 0. The summed E-state index contributed by atoms with van der Waals surface area (Å²) in [5, 5.41) is 7.81. The third-order valence-electron chi connectivity index (χ3n) is 2.88. The Morgan fingerprint density at radius 1 is 1.17 bits per heavy atom. The number of thioether (sulfide) groups is 1. The van der Waals surface area contributed by atoms with Gasteiger partial charge in [-0.3, -0.25) is 4.79 Å². The number of hydrogen-bond acceptors (Lipinski definition) is 5. The van der Waals surface area contributed by atoms with Gasteiger partial charge in [0.15, 0.2) is 10.3 Å². The van der Waals surface area contributed by atoms with Crippen molar-refractivity contribution >= 4 is 35.0 Å². The third-order valence-corrected chi connectivity index (χ3v) is 4.13. The van der Waals surface area contributed by atoms with Crippen LogP contribution in [-0.4, -0.2) is 31.4 Å². The monoisotopic (exact) mass is 345 g/mol. The van der Waals surface area contributed by atoms with Gasteiger partial charge in [0.25, 0.3) is 0 Å². The van der Waals surface area contributed by atoms with Crippen LogP contribution in [0.4, 0.5) is 5.69 Å². The van der Waals surface area contributed by atoms with E-state index in [0.29, 0.717) is 10.8 Å². The summed E-state index contributed by atoms with van der Waals surface area (Å²) >= 11 is 7.21. The minimum atomic E-state index is -0.187. The van der Waals surface area contributed by atoms with Crippen molar-refractivity contribution in [3.05, 3.63) is 60.1 Å². The average molecular weight is 346 g/mol. The summed E-state index contributed by atoms with van der Waals surface area (Å²) < 4.78 is 1.69. The first-order valence-electron chi connectivity index (χ1n) is 6.72. The van der Waals surface area contributed by atoms with E-state index in [2.05, 4.69) is 20.4 Å². The third kappa shape index (κ3) is 3.88. The molecule has 0 saturated carbocycles. The van der Waals surface area contributed by atoms with Crippen molar-refractivity contribution in [1.29, 1.82) is 0 Å². The first kappa shape index (κ1) is 15.5. The topological polar surface area (TPSA) is 72.7 Å². The van der Waals surface area contributed by atoms with E-state index < -0.39 is 0 Å². The number of halogens is 1. The standard InChI is InChI=1S/C15H12ClN5OS/c16-14-12(7-4-8-17-14)20-13(22)9-23-15-18-10-19-21(15)11-5-2-1-3-6-11/h1-8,10H,9H2,(H,20,22). The van der Waals surface area contributed by atoms with E-state index in [-0.39, 0.29) is 16.8 Å². The molecule has 0 aliphatic rings. The number of aromatic nitrogens is 4. The number of amides is 1. The molecule has 0 saturated heterocycles. The van der Waals surface area contributed by atoms with Crippen LogP contribution in [0.1, 0.15) is 0 Å². The molecule has 23 heavy (non-hydrogen) atoms. The van der Waals surface area contributed by atoms with Gasteiger partial charge in [0.2, 0.25) is 5.91 Å². The number of para-hydroxylation sites is 1. The predicted octanol–water partition coefficient (Wildman–Crippen LogP) is 3.05. The van der Waals surface area contributed by atoms with E-state index in [1.807, 2.05) is 30.3 Å². The maximum Gasteiger partial charge on any atom is 0.234 e. The number of rotatable bonds is 5. The second kappa shape index (κ2) is 7.26. The Labute approximate surface area is 141 Å². The average Bonchev–Trinajstić information content (AvgIpc) is 3.04. The molecule has 0 atom stereocenters. The van der Waals surface area contributed by atoms with Crippen LogP contribution in [0.25, 0.3) is 5.69 Å². The molecule has 0 fully saturated rings. The van der Waals surface area contributed by atoms with Gasteiger partial charge in [-0.15, -0.1) is 0 Å². The smallest absolute Gasteiger partial charge is 0.234 e. The molecule has 6 nitrogen and oxygen atoms in total. The molecule has 0 spiro atoms. The molecule has 3 aromatic rings. The summed E-state index contributed by atoms with van der Waals surface area (Å²) in [6.45, 7) is 0. The van der Waals surface area contributed by atoms with Crippen molar-refractivity contribution < 1.29 is 4.79 Å². The van der Waals surface area contributed by atoms with E-state index >= 15 is 0 Å². The van der Waals surface area contributed by atoms with Crippen molar-refractivity contribution in [2.24, 2.45) is 0 Å². The van der Waals surface area contributed by atoms with Gasteiger partial charge >= 0.3 is 0 Å². The summed E-state index contributed by atoms with van der Waals surface area (Å²) in [4.78, 5) is 20.1. The SMILES string of the molecule is O=C(CSc1ncnn1-c1ccccc1)Nc1cccnc1Cl. The summed E-state index contributed by atoms with van der Waals surface area (Å²) in [6.07, 6.45) is 3.03. The van der Waals surface area contributed by atoms with Crippen molar-refractivity contribution in [2.45, 2.75) is 5.16 Å². The van der Waals surface area contributed by atoms with Gasteiger partial charge in [-0.1, -0.05) is 41.6 Å². The van der Waals surface area contributed by atoms with Crippen molar-refractivity contribution in [1.82, 2.24) is 19.7 Å². The van der Waals surface area contributed by atoms with Gasteiger partial charge in [0.1, 0.15) is 6.33 Å². The van der Waals surface area contributed by atoms with Crippen LogP contribution in [-0.2, 0) is 4.79 Å². The summed E-state index contributed by atoms with van der Waals surface area (Å²) in [5.41, 5.74) is 1.38. The molecule has 0 radical (unpaired) electrons. The molecule has 1 aromatic carbocycles. The van der Waals surface area contributed by atoms with Gasteiger partial charge in [-0.25, -0.2) is 14.6 Å².